The number of hydrogen-bond acceptors (Lipinski definition) is 7. The second-order valence-electron chi connectivity index (χ2n) is 15.6. The van der Waals surface area contributed by atoms with Gasteiger partial charge in [-0.2, -0.15) is 0 Å². The number of unbranched alkanes of at least 4 members (excludes halogenated alkanes) is 18. The molecule has 314 valence electrons. The third-order valence-corrected chi connectivity index (χ3v) is 9.10. The van der Waals surface area contributed by atoms with Crippen LogP contribution in [0.5, 0.6) is 0 Å². The molecule has 0 bridgehead atoms. The maximum absolute atomic E-state index is 12.7. The molecule has 0 amide bonds. The zero-order valence-corrected chi connectivity index (χ0v) is 35.4. The van der Waals surface area contributed by atoms with Crippen molar-refractivity contribution >= 4 is 17.9 Å². The first-order valence-electron chi connectivity index (χ1n) is 21.7. The van der Waals surface area contributed by atoms with Gasteiger partial charge in [0.15, 0.2) is 6.10 Å². The number of carbonyl (C=O) groups is 3. The van der Waals surface area contributed by atoms with E-state index in [9.17, 15) is 19.5 Å². The number of esters is 2. The molecule has 0 aromatic rings. The van der Waals surface area contributed by atoms with Gasteiger partial charge in [0.05, 0.1) is 34.4 Å². The molecule has 54 heavy (non-hydrogen) atoms. The normalized spacial score (nSPS) is 13.3. The Kier molecular flexibility index (Phi) is 35.7. The number of carboxylic acids is 1. The van der Waals surface area contributed by atoms with Crippen LogP contribution < -0.4 is 0 Å². The second-order valence-corrected chi connectivity index (χ2v) is 15.6. The van der Waals surface area contributed by atoms with Gasteiger partial charge in [-0.3, -0.25) is 9.59 Å². The molecule has 0 saturated heterocycles. The maximum Gasteiger partial charge on any atom is 0.361 e. The number of hydrogen-bond donors (Lipinski definition) is 1. The fourth-order valence-corrected chi connectivity index (χ4v) is 5.69. The van der Waals surface area contributed by atoms with Crippen molar-refractivity contribution in [1.29, 1.82) is 0 Å². The SMILES string of the molecule is CCC/C=C\CCCCCCCC(=O)OCC(COC(OCC[N+](C)(C)C)C(=O)O)OC(=O)CCCCCCCCCCC/C=C\C/C=C\CCCCC. The smallest absolute Gasteiger partial charge is 0.361 e. The highest BCUT2D eigenvalue weighted by Crippen LogP contribution is 2.14. The summed E-state index contributed by atoms with van der Waals surface area (Å²) >= 11 is 0. The lowest BCUT2D eigenvalue weighted by atomic mass is 10.1. The zero-order valence-electron chi connectivity index (χ0n) is 35.4. The van der Waals surface area contributed by atoms with Crippen molar-refractivity contribution in [2.45, 2.75) is 187 Å². The molecule has 0 radical (unpaired) electrons. The van der Waals surface area contributed by atoms with Gasteiger partial charge in [0.2, 0.25) is 0 Å². The van der Waals surface area contributed by atoms with Gasteiger partial charge in [-0.05, 0) is 64.2 Å². The van der Waals surface area contributed by atoms with Crippen molar-refractivity contribution in [1.82, 2.24) is 0 Å². The van der Waals surface area contributed by atoms with E-state index in [0.717, 1.165) is 77.0 Å². The molecule has 1 N–H and O–H groups in total. The van der Waals surface area contributed by atoms with E-state index in [-0.39, 0.29) is 32.2 Å². The molecule has 2 atom stereocenters. The van der Waals surface area contributed by atoms with Gasteiger partial charge in [-0.25, -0.2) is 4.79 Å². The molecule has 0 aromatic carbocycles. The van der Waals surface area contributed by atoms with Crippen LogP contribution in [-0.4, -0.2) is 87.4 Å². The van der Waals surface area contributed by atoms with Crippen LogP contribution in [0, 0.1) is 0 Å². The maximum atomic E-state index is 12.7. The Morgan fingerprint density at radius 1 is 0.556 bits per heavy atom. The first-order chi connectivity index (χ1) is 26.1. The number of carbonyl (C=O) groups excluding carboxylic acids is 2. The summed E-state index contributed by atoms with van der Waals surface area (Å²) in [7, 11) is 5.94. The first kappa shape index (κ1) is 51.5. The molecule has 0 spiro atoms. The third-order valence-electron chi connectivity index (χ3n) is 9.10. The standard InChI is InChI=1S/C45H81NO8/c1-6-8-10-12-14-16-18-19-20-21-22-23-24-25-26-28-30-32-34-36-43(48)54-41(40-53-45(44(49)50)51-38-37-46(3,4)5)39-52-42(47)35-33-31-29-27-17-15-13-11-9-7-2/h11,13-14,16,19-20,41,45H,6-10,12,15,17-18,21-40H2,1-5H3/p+1/b13-11-,16-14-,20-19-. The average molecular weight is 765 g/mol. The van der Waals surface area contributed by atoms with Gasteiger partial charge >= 0.3 is 17.9 Å². The van der Waals surface area contributed by atoms with Gasteiger partial charge in [0, 0.05) is 12.8 Å². The predicted octanol–water partition coefficient (Wildman–Crippen LogP) is 11.1. The number of quaternary nitrogens is 1. The largest absolute Gasteiger partial charge is 0.477 e. The number of nitrogens with zero attached hydrogens (tertiary/aromatic N) is 1. The summed E-state index contributed by atoms with van der Waals surface area (Å²) in [6, 6.07) is 0. The summed E-state index contributed by atoms with van der Waals surface area (Å²) in [5, 5.41) is 9.61. The Hall–Kier alpha value is -2.49. The molecule has 9 heteroatoms. The molecule has 9 nitrogen and oxygen atoms in total. The van der Waals surface area contributed by atoms with E-state index >= 15 is 0 Å². The monoisotopic (exact) mass is 765 g/mol. The van der Waals surface area contributed by atoms with Crippen LogP contribution in [0.1, 0.15) is 174 Å². The topological polar surface area (TPSA) is 108 Å². The molecule has 0 aliphatic heterocycles. The Morgan fingerprint density at radius 3 is 1.56 bits per heavy atom. The second kappa shape index (κ2) is 37.4. The molecule has 0 fully saturated rings. The van der Waals surface area contributed by atoms with Gasteiger partial charge in [0.25, 0.3) is 6.29 Å². The van der Waals surface area contributed by atoms with E-state index in [0.29, 0.717) is 23.9 Å². The minimum absolute atomic E-state index is 0.185. The number of aliphatic carboxylic acids is 1. The van der Waals surface area contributed by atoms with Gasteiger partial charge in [-0.15, -0.1) is 0 Å². The first-order valence-corrected chi connectivity index (χ1v) is 21.7. The van der Waals surface area contributed by atoms with Crippen LogP contribution in [0.15, 0.2) is 36.5 Å². The quantitative estimate of drug-likeness (QED) is 0.0217. The number of likely N-dealkylation sites (N-methyl/N-ethyl adjacent to an activating group) is 1. The van der Waals surface area contributed by atoms with E-state index in [1.807, 2.05) is 21.1 Å². The van der Waals surface area contributed by atoms with E-state index in [1.165, 1.54) is 64.2 Å². The molecular formula is C45H82NO8+. The fourth-order valence-electron chi connectivity index (χ4n) is 5.69. The van der Waals surface area contributed by atoms with E-state index in [1.54, 1.807) is 0 Å². The molecule has 0 aliphatic carbocycles. The van der Waals surface area contributed by atoms with Crippen molar-refractivity contribution in [2.24, 2.45) is 0 Å². The summed E-state index contributed by atoms with van der Waals surface area (Å²) in [5.41, 5.74) is 0. The lowest BCUT2D eigenvalue weighted by Crippen LogP contribution is -2.40. The average Bonchev–Trinajstić information content (AvgIpc) is 3.12. The highest BCUT2D eigenvalue weighted by molar-refractivity contribution is 5.71. The van der Waals surface area contributed by atoms with Crippen molar-refractivity contribution in [3.8, 4) is 0 Å². The van der Waals surface area contributed by atoms with Gasteiger partial charge in [-0.1, -0.05) is 134 Å². The Morgan fingerprint density at radius 2 is 1.04 bits per heavy atom. The van der Waals surface area contributed by atoms with Crippen LogP contribution >= 0.6 is 0 Å². The molecule has 0 aromatic heterocycles. The summed E-state index contributed by atoms with van der Waals surface area (Å²) in [6.07, 6.45) is 37.8. The Bertz CT molecular complexity index is 987. The number of carboxylic acid groups (broad SMARTS) is 1. The summed E-state index contributed by atoms with van der Waals surface area (Å²) < 4.78 is 22.7. The minimum Gasteiger partial charge on any atom is -0.477 e. The Labute approximate surface area is 330 Å². The lowest BCUT2D eigenvalue weighted by Gasteiger charge is -2.25. The van der Waals surface area contributed by atoms with Gasteiger partial charge < -0.3 is 28.5 Å². The summed E-state index contributed by atoms with van der Waals surface area (Å²) in [5.74, 6) is -2.03. The molecular weight excluding hydrogens is 682 g/mol. The third kappa shape index (κ3) is 37.8. The molecule has 0 aliphatic rings. The van der Waals surface area contributed by atoms with Crippen molar-refractivity contribution in [3.63, 3.8) is 0 Å². The number of allylic oxidation sites excluding steroid dienone is 6. The van der Waals surface area contributed by atoms with E-state index in [2.05, 4.69) is 50.3 Å². The van der Waals surface area contributed by atoms with Crippen LogP contribution in [0.3, 0.4) is 0 Å². The van der Waals surface area contributed by atoms with Crippen molar-refractivity contribution < 1.29 is 42.9 Å². The van der Waals surface area contributed by atoms with Crippen LogP contribution in [0.25, 0.3) is 0 Å². The summed E-state index contributed by atoms with van der Waals surface area (Å²) in [6.45, 7) is 4.76. The highest BCUT2D eigenvalue weighted by atomic mass is 16.7. The van der Waals surface area contributed by atoms with E-state index < -0.39 is 24.3 Å². The van der Waals surface area contributed by atoms with Crippen molar-refractivity contribution in [3.05, 3.63) is 36.5 Å². The fraction of sp³-hybridized carbons (Fsp3) is 0.800. The lowest BCUT2D eigenvalue weighted by molar-refractivity contribution is -0.870. The van der Waals surface area contributed by atoms with Crippen molar-refractivity contribution in [2.75, 3.05) is 47.5 Å². The van der Waals surface area contributed by atoms with Crippen LogP contribution in [0.4, 0.5) is 0 Å². The molecule has 2 unspecified atom stereocenters. The van der Waals surface area contributed by atoms with Crippen LogP contribution in [-0.2, 0) is 33.3 Å². The molecule has 0 rings (SSSR count). The number of ether oxygens (including phenoxy) is 4. The molecule has 0 saturated carbocycles. The highest BCUT2D eigenvalue weighted by Gasteiger charge is 2.25. The zero-order chi connectivity index (χ0) is 40.0. The van der Waals surface area contributed by atoms with E-state index in [4.69, 9.17) is 18.9 Å². The predicted molar refractivity (Wildman–Crippen MR) is 221 cm³/mol. The minimum atomic E-state index is -1.51. The summed E-state index contributed by atoms with van der Waals surface area (Å²) in [4.78, 5) is 37.0. The number of rotatable bonds is 39. The van der Waals surface area contributed by atoms with Crippen LogP contribution in [0.2, 0.25) is 0 Å². The molecule has 0 heterocycles. The van der Waals surface area contributed by atoms with Gasteiger partial charge in [0.1, 0.15) is 13.2 Å². The Balaban J connectivity index is 4.42.